The summed E-state index contributed by atoms with van der Waals surface area (Å²) in [7, 11) is 0. The molecule has 0 spiro atoms. The maximum atomic E-state index is 11.9. The Morgan fingerprint density at radius 1 is 1.29 bits per heavy atom. The maximum absolute atomic E-state index is 11.9. The monoisotopic (exact) mass is 288 g/mol. The van der Waals surface area contributed by atoms with E-state index in [0.717, 1.165) is 5.69 Å². The number of carbonyl (C=O) groups excluding carboxylic acids is 1. The molecule has 0 saturated carbocycles. The van der Waals surface area contributed by atoms with Crippen molar-refractivity contribution in [1.82, 2.24) is 20.1 Å². The molecule has 1 fully saturated rings. The van der Waals surface area contributed by atoms with Crippen LogP contribution in [-0.2, 0) is 9.47 Å². The number of para-hydroxylation sites is 1. The Hall–Kier alpha value is -2.25. The first-order valence-corrected chi connectivity index (χ1v) is 6.81. The summed E-state index contributed by atoms with van der Waals surface area (Å²) in [5.41, 5.74) is 0.858. The van der Waals surface area contributed by atoms with Crippen molar-refractivity contribution in [2.45, 2.75) is 12.7 Å². The lowest BCUT2D eigenvalue weighted by molar-refractivity contribution is -0.0455. The van der Waals surface area contributed by atoms with E-state index < -0.39 is 0 Å². The van der Waals surface area contributed by atoms with Gasteiger partial charge in [-0.15, -0.1) is 5.10 Å². The molecule has 1 aliphatic rings. The van der Waals surface area contributed by atoms with Gasteiger partial charge in [0.25, 0.3) is 5.91 Å². The highest BCUT2D eigenvalue weighted by Crippen LogP contribution is 2.07. The van der Waals surface area contributed by atoms with Gasteiger partial charge in [-0.3, -0.25) is 4.79 Å². The van der Waals surface area contributed by atoms with Gasteiger partial charge in [0.1, 0.15) is 6.33 Å². The van der Waals surface area contributed by atoms with E-state index in [9.17, 15) is 4.79 Å². The van der Waals surface area contributed by atoms with Crippen LogP contribution in [0.3, 0.4) is 0 Å². The van der Waals surface area contributed by atoms with Gasteiger partial charge in [0, 0.05) is 13.0 Å². The molecule has 1 aliphatic heterocycles. The molecule has 3 rings (SSSR count). The fraction of sp³-hybridized carbons (Fsp3) is 0.357. The fourth-order valence-electron chi connectivity index (χ4n) is 2.03. The molecule has 7 heteroatoms. The predicted octanol–water partition coefficient (Wildman–Crippen LogP) is 0.760. The third-order valence-electron chi connectivity index (χ3n) is 3.07. The van der Waals surface area contributed by atoms with Crippen LogP contribution < -0.4 is 5.32 Å². The zero-order valence-corrected chi connectivity index (χ0v) is 11.4. The van der Waals surface area contributed by atoms with Gasteiger partial charge in [0.15, 0.2) is 6.29 Å². The Balaban J connectivity index is 1.54. The number of aromatic nitrogens is 3. The minimum atomic E-state index is -0.303. The van der Waals surface area contributed by atoms with E-state index in [-0.39, 0.29) is 18.0 Å². The SMILES string of the molecule is O=C(NCCC1OCCO1)c1ncn(-c2ccccc2)n1. The van der Waals surface area contributed by atoms with Crippen LogP contribution in [-0.4, -0.2) is 46.7 Å². The van der Waals surface area contributed by atoms with Crippen LogP contribution in [0, 0.1) is 0 Å². The Kier molecular flexibility index (Phi) is 4.23. The zero-order valence-electron chi connectivity index (χ0n) is 11.4. The molecule has 0 aliphatic carbocycles. The third-order valence-corrected chi connectivity index (χ3v) is 3.07. The highest BCUT2D eigenvalue weighted by molar-refractivity contribution is 5.90. The topological polar surface area (TPSA) is 78.3 Å². The van der Waals surface area contributed by atoms with Crippen molar-refractivity contribution in [1.29, 1.82) is 0 Å². The van der Waals surface area contributed by atoms with Gasteiger partial charge >= 0.3 is 0 Å². The standard InChI is InChI=1S/C14H16N4O3/c19-14(15-7-6-12-20-8-9-21-12)13-16-10-18(17-13)11-4-2-1-3-5-11/h1-5,10,12H,6-9H2,(H,15,19). The van der Waals surface area contributed by atoms with Gasteiger partial charge in [-0.05, 0) is 12.1 Å². The van der Waals surface area contributed by atoms with Crippen LogP contribution in [0.2, 0.25) is 0 Å². The van der Waals surface area contributed by atoms with Crippen molar-refractivity contribution in [2.24, 2.45) is 0 Å². The van der Waals surface area contributed by atoms with Crippen LogP contribution in [0.15, 0.2) is 36.7 Å². The number of benzene rings is 1. The van der Waals surface area contributed by atoms with Crippen LogP contribution in [0.25, 0.3) is 5.69 Å². The van der Waals surface area contributed by atoms with Crippen molar-refractivity contribution >= 4 is 5.91 Å². The summed E-state index contributed by atoms with van der Waals surface area (Å²) in [4.78, 5) is 16.0. The minimum absolute atomic E-state index is 0.145. The van der Waals surface area contributed by atoms with Crippen molar-refractivity contribution < 1.29 is 14.3 Å². The molecular formula is C14H16N4O3. The van der Waals surface area contributed by atoms with Crippen LogP contribution in [0.5, 0.6) is 0 Å². The van der Waals surface area contributed by atoms with E-state index in [4.69, 9.17) is 9.47 Å². The van der Waals surface area contributed by atoms with Crippen LogP contribution in [0.4, 0.5) is 0 Å². The van der Waals surface area contributed by atoms with Crippen molar-refractivity contribution in [3.63, 3.8) is 0 Å². The number of carbonyl (C=O) groups is 1. The van der Waals surface area contributed by atoms with Crippen molar-refractivity contribution in [3.05, 3.63) is 42.5 Å². The first-order chi connectivity index (χ1) is 10.3. The summed E-state index contributed by atoms with van der Waals surface area (Å²) in [5, 5.41) is 6.92. The number of rotatable bonds is 5. The van der Waals surface area contributed by atoms with E-state index >= 15 is 0 Å². The first-order valence-electron chi connectivity index (χ1n) is 6.81. The van der Waals surface area contributed by atoms with Gasteiger partial charge in [-0.1, -0.05) is 18.2 Å². The maximum Gasteiger partial charge on any atom is 0.290 e. The average Bonchev–Trinajstić information content (AvgIpc) is 3.20. The molecule has 0 unspecified atom stereocenters. The molecule has 2 heterocycles. The Morgan fingerprint density at radius 3 is 2.81 bits per heavy atom. The lowest BCUT2D eigenvalue weighted by atomic mass is 10.3. The molecule has 2 aromatic rings. The molecule has 1 aromatic carbocycles. The van der Waals surface area contributed by atoms with E-state index in [1.165, 1.54) is 6.33 Å². The van der Waals surface area contributed by atoms with E-state index in [1.807, 2.05) is 30.3 Å². The van der Waals surface area contributed by atoms with Gasteiger partial charge in [-0.25, -0.2) is 9.67 Å². The average molecular weight is 288 g/mol. The zero-order chi connectivity index (χ0) is 14.5. The molecule has 0 radical (unpaired) electrons. The van der Waals surface area contributed by atoms with Crippen molar-refractivity contribution in [3.8, 4) is 5.69 Å². The fourth-order valence-corrected chi connectivity index (χ4v) is 2.03. The molecule has 0 atom stereocenters. The smallest absolute Gasteiger partial charge is 0.290 e. The number of hydrogen-bond acceptors (Lipinski definition) is 5. The predicted molar refractivity (Wildman–Crippen MR) is 74.0 cm³/mol. The summed E-state index contributed by atoms with van der Waals surface area (Å²) >= 11 is 0. The number of ether oxygens (including phenoxy) is 2. The molecule has 1 amide bonds. The molecule has 1 N–H and O–H groups in total. The summed E-state index contributed by atoms with van der Waals surface area (Å²) in [6, 6.07) is 9.51. The lowest BCUT2D eigenvalue weighted by Gasteiger charge is -2.08. The molecule has 21 heavy (non-hydrogen) atoms. The van der Waals surface area contributed by atoms with E-state index in [2.05, 4.69) is 15.4 Å². The highest BCUT2D eigenvalue weighted by Gasteiger charge is 2.17. The van der Waals surface area contributed by atoms with Gasteiger partial charge in [0.05, 0.1) is 18.9 Å². The summed E-state index contributed by atoms with van der Waals surface area (Å²) < 4.78 is 12.2. The molecular weight excluding hydrogens is 272 g/mol. The van der Waals surface area contributed by atoms with E-state index in [0.29, 0.717) is 26.2 Å². The van der Waals surface area contributed by atoms with Gasteiger partial charge in [-0.2, -0.15) is 0 Å². The third kappa shape index (κ3) is 3.45. The number of hydrogen-bond donors (Lipinski definition) is 1. The largest absolute Gasteiger partial charge is 0.350 e. The minimum Gasteiger partial charge on any atom is -0.350 e. The highest BCUT2D eigenvalue weighted by atomic mass is 16.7. The summed E-state index contributed by atoms with van der Waals surface area (Å²) in [6.45, 7) is 1.69. The quantitative estimate of drug-likeness (QED) is 0.879. The summed E-state index contributed by atoms with van der Waals surface area (Å²) in [5.74, 6) is -0.158. The number of nitrogens with zero attached hydrogens (tertiary/aromatic N) is 3. The molecule has 7 nitrogen and oxygen atoms in total. The Labute approximate surface area is 121 Å². The van der Waals surface area contributed by atoms with Crippen molar-refractivity contribution in [2.75, 3.05) is 19.8 Å². The second-order valence-corrected chi connectivity index (χ2v) is 4.56. The summed E-state index contributed by atoms with van der Waals surface area (Å²) in [6.07, 6.45) is 1.92. The molecule has 0 bridgehead atoms. The molecule has 1 saturated heterocycles. The molecule has 1 aromatic heterocycles. The number of amides is 1. The van der Waals surface area contributed by atoms with Gasteiger partial charge in [0.2, 0.25) is 5.82 Å². The first kappa shape index (κ1) is 13.7. The van der Waals surface area contributed by atoms with Gasteiger partial charge < -0.3 is 14.8 Å². The van der Waals surface area contributed by atoms with E-state index in [1.54, 1.807) is 4.68 Å². The number of nitrogens with one attached hydrogen (secondary N) is 1. The Morgan fingerprint density at radius 2 is 2.05 bits per heavy atom. The van der Waals surface area contributed by atoms with Crippen LogP contribution >= 0.6 is 0 Å². The normalized spacial score (nSPS) is 15.2. The molecule has 110 valence electrons. The second-order valence-electron chi connectivity index (χ2n) is 4.56. The lowest BCUT2D eigenvalue weighted by Crippen LogP contribution is -2.28. The van der Waals surface area contributed by atoms with Crippen LogP contribution in [0.1, 0.15) is 17.0 Å². The second kappa shape index (κ2) is 6.47. The Bertz CT molecular complexity index is 593.